The molecule has 0 radical (unpaired) electrons. The van der Waals surface area contributed by atoms with Crippen molar-refractivity contribution >= 4 is 17.5 Å². The Morgan fingerprint density at radius 3 is 2.76 bits per heavy atom. The summed E-state index contributed by atoms with van der Waals surface area (Å²) in [5, 5.41) is 3.63. The third-order valence-corrected chi connectivity index (χ3v) is 5.47. The Morgan fingerprint density at radius 1 is 1.44 bits per heavy atom. The lowest BCUT2D eigenvalue weighted by molar-refractivity contribution is -0.170. The van der Waals surface area contributed by atoms with Crippen LogP contribution in [0.2, 0.25) is 5.02 Å². The van der Waals surface area contributed by atoms with Crippen molar-refractivity contribution in [2.45, 2.75) is 52.2 Å². The number of amides is 1. The molecule has 1 aromatic carbocycles. The van der Waals surface area contributed by atoms with Crippen LogP contribution in [0.15, 0.2) is 18.2 Å². The maximum absolute atomic E-state index is 12.5. The van der Waals surface area contributed by atoms with Crippen molar-refractivity contribution in [3.8, 4) is 5.75 Å². The number of benzene rings is 1. The minimum atomic E-state index is -0.875. The third kappa shape index (κ3) is 4.10. The molecule has 5 nitrogen and oxygen atoms in total. The number of halogens is 1. The van der Waals surface area contributed by atoms with E-state index in [0.29, 0.717) is 37.6 Å². The van der Waals surface area contributed by atoms with Crippen molar-refractivity contribution in [3.63, 3.8) is 0 Å². The van der Waals surface area contributed by atoms with Crippen molar-refractivity contribution < 1.29 is 14.3 Å². The molecule has 140 valence electrons. The molecule has 2 atom stereocenters. The first-order valence-electron chi connectivity index (χ1n) is 8.80. The number of aryl methyl sites for hydroxylation is 1. The van der Waals surface area contributed by atoms with Crippen molar-refractivity contribution in [3.05, 3.63) is 28.8 Å². The third-order valence-electron chi connectivity index (χ3n) is 5.24. The normalized spacial score (nSPS) is 24.5. The van der Waals surface area contributed by atoms with Gasteiger partial charge in [0.2, 0.25) is 5.91 Å². The number of ether oxygens (including phenoxy) is 2. The van der Waals surface area contributed by atoms with Crippen LogP contribution in [0.4, 0.5) is 0 Å². The van der Waals surface area contributed by atoms with E-state index in [4.69, 9.17) is 26.8 Å². The quantitative estimate of drug-likeness (QED) is 0.691. The SMILES string of the molecule is CCOC1CC(N)(C(=O)NCCCOc2ccc(Cl)cc2C)C1(C)C. The van der Waals surface area contributed by atoms with Crippen molar-refractivity contribution in [2.75, 3.05) is 19.8 Å². The number of nitrogens with two attached hydrogens (primary N) is 1. The zero-order valence-electron chi connectivity index (χ0n) is 15.5. The van der Waals surface area contributed by atoms with Gasteiger partial charge < -0.3 is 20.5 Å². The molecule has 0 saturated heterocycles. The Labute approximate surface area is 155 Å². The molecule has 0 aromatic heterocycles. The summed E-state index contributed by atoms with van der Waals surface area (Å²) in [6.07, 6.45) is 1.30. The van der Waals surface area contributed by atoms with E-state index in [1.54, 1.807) is 6.07 Å². The molecule has 3 N–H and O–H groups in total. The Balaban J connectivity index is 1.74. The molecular weight excluding hydrogens is 340 g/mol. The van der Waals surface area contributed by atoms with Gasteiger partial charge in [0.05, 0.1) is 12.7 Å². The summed E-state index contributed by atoms with van der Waals surface area (Å²) < 4.78 is 11.4. The fourth-order valence-electron chi connectivity index (χ4n) is 3.21. The second-order valence-electron chi connectivity index (χ2n) is 7.21. The van der Waals surface area contributed by atoms with E-state index in [1.807, 2.05) is 39.8 Å². The van der Waals surface area contributed by atoms with E-state index in [9.17, 15) is 4.79 Å². The number of carbonyl (C=O) groups excluding carboxylic acids is 1. The molecular formula is C19H29ClN2O3. The van der Waals surface area contributed by atoms with Gasteiger partial charge in [-0.2, -0.15) is 0 Å². The Hall–Kier alpha value is -1.30. The molecule has 1 aromatic rings. The molecule has 1 aliphatic carbocycles. The zero-order chi connectivity index (χ0) is 18.7. The topological polar surface area (TPSA) is 73.6 Å². The summed E-state index contributed by atoms with van der Waals surface area (Å²) in [5.41, 5.74) is 6.10. The lowest BCUT2D eigenvalue weighted by Crippen LogP contribution is -2.75. The molecule has 1 amide bonds. The summed E-state index contributed by atoms with van der Waals surface area (Å²) in [6.45, 7) is 9.56. The van der Waals surface area contributed by atoms with Crippen LogP contribution in [0, 0.1) is 12.3 Å². The highest BCUT2D eigenvalue weighted by Crippen LogP contribution is 2.49. The molecule has 6 heteroatoms. The molecule has 0 bridgehead atoms. The molecule has 1 aliphatic rings. The molecule has 2 unspecified atom stereocenters. The minimum absolute atomic E-state index is 0.0319. The highest BCUT2D eigenvalue weighted by Gasteiger charge is 2.62. The molecule has 2 rings (SSSR count). The van der Waals surface area contributed by atoms with Crippen molar-refractivity contribution in [1.29, 1.82) is 0 Å². The van der Waals surface area contributed by atoms with Crippen LogP contribution >= 0.6 is 11.6 Å². The van der Waals surface area contributed by atoms with Gasteiger partial charge in [0, 0.05) is 30.0 Å². The van der Waals surface area contributed by atoms with E-state index in [2.05, 4.69) is 5.32 Å². The van der Waals surface area contributed by atoms with Crippen LogP contribution in [0.5, 0.6) is 5.75 Å². The van der Waals surface area contributed by atoms with Gasteiger partial charge in [0.25, 0.3) is 0 Å². The number of hydrogen-bond acceptors (Lipinski definition) is 4. The van der Waals surface area contributed by atoms with Crippen LogP contribution < -0.4 is 15.8 Å². The first-order chi connectivity index (χ1) is 11.7. The van der Waals surface area contributed by atoms with Gasteiger partial charge in [0.15, 0.2) is 0 Å². The minimum Gasteiger partial charge on any atom is -0.493 e. The average Bonchev–Trinajstić information content (AvgIpc) is 2.55. The van der Waals surface area contributed by atoms with E-state index >= 15 is 0 Å². The van der Waals surface area contributed by atoms with Gasteiger partial charge in [-0.1, -0.05) is 25.4 Å². The highest BCUT2D eigenvalue weighted by molar-refractivity contribution is 6.30. The summed E-state index contributed by atoms with van der Waals surface area (Å²) in [6, 6.07) is 5.53. The summed E-state index contributed by atoms with van der Waals surface area (Å²) in [4.78, 5) is 12.5. The molecule has 1 fully saturated rings. The zero-order valence-corrected chi connectivity index (χ0v) is 16.3. The summed E-state index contributed by atoms with van der Waals surface area (Å²) in [7, 11) is 0. The number of nitrogens with one attached hydrogen (secondary N) is 1. The lowest BCUT2D eigenvalue weighted by atomic mass is 9.54. The second-order valence-corrected chi connectivity index (χ2v) is 7.65. The Kier molecular flexibility index (Phi) is 6.35. The molecule has 0 aliphatic heterocycles. The molecule has 0 spiro atoms. The van der Waals surface area contributed by atoms with Crippen molar-refractivity contribution in [1.82, 2.24) is 5.32 Å². The maximum Gasteiger partial charge on any atom is 0.240 e. The van der Waals surface area contributed by atoms with Gasteiger partial charge in [-0.3, -0.25) is 4.79 Å². The van der Waals surface area contributed by atoms with E-state index in [0.717, 1.165) is 11.3 Å². The predicted molar refractivity (Wildman–Crippen MR) is 100 cm³/mol. The first-order valence-corrected chi connectivity index (χ1v) is 9.18. The Morgan fingerprint density at radius 2 is 2.16 bits per heavy atom. The second kappa shape index (κ2) is 7.94. The van der Waals surface area contributed by atoms with Gasteiger partial charge in [-0.05, 0) is 44.0 Å². The van der Waals surface area contributed by atoms with Gasteiger partial charge in [0.1, 0.15) is 11.3 Å². The van der Waals surface area contributed by atoms with Crippen LogP contribution in [-0.2, 0) is 9.53 Å². The van der Waals surface area contributed by atoms with Crippen LogP contribution in [-0.4, -0.2) is 37.3 Å². The van der Waals surface area contributed by atoms with Crippen molar-refractivity contribution in [2.24, 2.45) is 11.1 Å². The molecule has 1 saturated carbocycles. The van der Waals surface area contributed by atoms with Gasteiger partial charge in [-0.15, -0.1) is 0 Å². The van der Waals surface area contributed by atoms with Gasteiger partial charge in [-0.25, -0.2) is 0 Å². The fraction of sp³-hybridized carbons (Fsp3) is 0.632. The lowest BCUT2D eigenvalue weighted by Gasteiger charge is -2.57. The maximum atomic E-state index is 12.5. The molecule has 25 heavy (non-hydrogen) atoms. The summed E-state index contributed by atoms with van der Waals surface area (Å²) >= 11 is 5.93. The first kappa shape index (κ1) is 20.0. The van der Waals surface area contributed by atoms with E-state index in [-0.39, 0.29) is 17.4 Å². The van der Waals surface area contributed by atoms with Gasteiger partial charge >= 0.3 is 0 Å². The highest BCUT2D eigenvalue weighted by atomic mass is 35.5. The van der Waals surface area contributed by atoms with Crippen LogP contribution in [0.1, 0.15) is 39.2 Å². The standard InChI is InChI=1S/C19H29ClN2O3/c1-5-24-16-12-19(21,18(16,3)4)17(23)22-9-6-10-25-15-8-7-14(20)11-13(15)2/h7-8,11,16H,5-6,9-10,12,21H2,1-4H3,(H,22,23). The average molecular weight is 369 g/mol. The number of rotatable bonds is 8. The number of carbonyl (C=O) groups is 1. The van der Waals surface area contributed by atoms with Crippen LogP contribution in [0.3, 0.4) is 0 Å². The van der Waals surface area contributed by atoms with E-state index < -0.39 is 5.54 Å². The molecule has 0 heterocycles. The smallest absolute Gasteiger partial charge is 0.240 e. The Bertz CT molecular complexity index is 621. The predicted octanol–water partition coefficient (Wildman–Crippen LogP) is 3.07. The van der Waals surface area contributed by atoms with E-state index in [1.165, 1.54) is 0 Å². The fourth-order valence-corrected chi connectivity index (χ4v) is 3.44. The van der Waals surface area contributed by atoms with Crippen LogP contribution in [0.25, 0.3) is 0 Å². The monoisotopic (exact) mass is 368 g/mol. The number of hydrogen-bond donors (Lipinski definition) is 2. The summed E-state index contributed by atoms with van der Waals surface area (Å²) in [5.74, 6) is 0.696. The largest absolute Gasteiger partial charge is 0.493 e.